The molecule has 0 spiro atoms. The molecular formula is C46H32BNSi. The minimum Gasteiger partial charge on any atom is -0.311 e. The minimum absolute atomic E-state index is 0.196. The molecule has 0 aliphatic carbocycles. The van der Waals surface area contributed by atoms with Crippen LogP contribution in [0, 0.1) is 0 Å². The predicted octanol–water partition coefficient (Wildman–Crippen LogP) is 6.50. The van der Waals surface area contributed by atoms with Gasteiger partial charge in [-0.1, -0.05) is 180 Å². The third-order valence-electron chi connectivity index (χ3n) is 10.8. The Morgan fingerprint density at radius 2 is 0.898 bits per heavy atom. The van der Waals surface area contributed by atoms with Gasteiger partial charge in [0.05, 0.1) is 0 Å². The quantitative estimate of drug-likeness (QED) is 0.199. The summed E-state index contributed by atoms with van der Waals surface area (Å²) in [7, 11) is -2.63. The molecule has 0 atom stereocenters. The molecule has 0 N–H and O–H groups in total. The van der Waals surface area contributed by atoms with Crippen molar-refractivity contribution >= 4 is 79.8 Å². The van der Waals surface area contributed by atoms with Crippen molar-refractivity contribution in [3.63, 3.8) is 0 Å². The SMILES string of the molecule is c1ccc([Si]2(c3ccccc3)c3ccccc3N(c3ccc(B4c5ccccc5-c5cc6ccccc6cc54)cc3)c3ccccc32)cc1. The van der Waals surface area contributed by atoms with Crippen LogP contribution in [0.2, 0.25) is 0 Å². The first-order chi connectivity index (χ1) is 24.3. The van der Waals surface area contributed by atoms with E-state index >= 15 is 0 Å². The van der Waals surface area contributed by atoms with Crippen LogP contribution < -0.4 is 42.0 Å². The molecule has 228 valence electrons. The van der Waals surface area contributed by atoms with E-state index in [1.165, 1.54) is 76.1 Å². The highest BCUT2D eigenvalue weighted by Gasteiger charge is 2.48. The summed E-state index contributed by atoms with van der Waals surface area (Å²) in [5.74, 6) is 0. The number of para-hydroxylation sites is 2. The van der Waals surface area contributed by atoms with Gasteiger partial charge in [0.1, 0.15) is 0 Å². The Morgan fingerprint density at radius 3 is 1.53 bits per heavy atom. The molecule has 49 heavy (non-hydrogen) atoms. The topological polar surface area (TPSA) is 3.24 Å². The standard InChI is InChI=1S/C46H32BNSi/c1-3-17-37(18-4-1)49(38-19-5-2-6-20-38)45-25-13-11-23-43(45)48(44-24-12-14-26-46(44)49)36-29-27-35(28-30-36)47-41-22-10-9-21-39(41)40-31-33-15-7-8-16-34(33)32-42(40)47/h1-32H. The number of rotatable bonds is 4. The summed E-state index contributed by atoms with van der Waals surface area (Å²) in [5, 5.41) is 8.23. The fraction of sp³-hybridized carbons (Fsp3) is 0. The van der Waals surface area contributed by atoms with Crippen LogP contribution in [0.4, 0.5) is 17.1 Å². The van der Waals surface area contributed by atoms with E-state index < -0.39 is 8.07 Å². The lowest BCUT2D eigenvalue weighted by Crippen LogP contribution is -2.77. The van der Waals surface area contributed by atoms with Crippen LogP contribution in [0.5, 0.6) is 0 Å². The van der Waals surface area contributed by atoms with Gasteiger partial charge in [-0.05, 0) is 73.0 Å². The fourth-order valence-electron chi connectivity index (χ4n) is 8.76. The molecule has 2 heterocycles. The number of anilines is 3. The molecule has 0 radical (unpaired) electrons. The second-order valence-corrected chi connectivity index (χ2v) is 17.0. The maximum atomic E-state index is 2.50. The Kier molecular flexibility index (Phi) is 6.37. The van der Waals surface area contributed by atoms with E-state index in [1.54, 1.807) is 0 Å². The second kappa shape index (κ2) is 11.1. The number of hydrogen-bond acceptors (Lipinski definition) is 1. The van der Waals surface area contributed by atoms with E-state index in [0.29, 0.717) is 0 Å². The lowest BCUT2D eigenvalue weighted by atomic mass is 9.39. The first kappa shape index (κ1) is 28.1. The second-order valence-electron chi connectivity index (χ2n) is 13.3. The van der Waals surface area contributed by atoms with Gasteiger partial charge in [-0.15, -0.1) is 0 Å². The Balaban J connectivity index is 1.15. The highest BCUT2D eigenvalue weighted by Crippen LogP contribution is 2.38. The maximum absolute atomic E-state index is 2.63. The zero-order chi connectivity index (χ0) is 32.4. The largest absolute Gasteiger partial charge is 0.311 e. The molecule has 0 bridgehead atoms. The van der Waals surface area contributed by atoms with Crippen LogP contribution >= 0.6 is 0 Å². The Bertz CT molecular complexity index is 2420. The summed E-state index contributed by atoms with van der Waals surface area (Å²) in [5.41, 5.74) is 10.5. The van der Waals surface area contributed by atoms with Crippen molar-refractivity contribution in [1.82, 2.24) is 0 Å². The van der Waals surface area contributed by atoms with Gasteiger partial charge in [0.15, 0.2) is 8.07 Å². The summed E-state index contributed by atoms with van der Waals surface area (Å²) >= 11 is 0. The van der Waals surface area contributed by atoms with Gasteiger partial charge >= 0.3 is 0 Å². The summed E-state index contributed by atoms with van der Waals surface area (Å²) in [6, 6.07) is 72.6. The Hall–Kier alpha value is -5.90. The Labute approximate surface area is 288 Å². The van der Waals surface area contributed by atoms with Crippen LogP contribution in [-0.2, 0) is 0 Å². The van der Waals surface area contributed by atoms with Gasteiger partial charge in [0.2, 0.25) is 6.71 Å². The number of nitrogens with zero attached hydrogens (tertiary/aromatic N) is 1. The molecule has 0 unspecified atom stereocenters. The lowest BCUT2D eigenvalue weighted by Gasteiger charge is -2.45. The minimum atomic E-state index is -2.63. The molecule has 8 aromatic carbocycles. The van der Waals surface area contributed by atoms with Crippen molar-refractivity contribution in [2.75, 3.05) is 4.90 Å². The molecule has 0 saturated heterocycles. The van der Waals surface area contributed by atoms with Crippen molar-refractivity contribution in [1.29, 1.82) is 0 Å². The molecule has 0 aromatic heterocycles. The first-order valence-corrected chi connectivity index (χ1v) is 19.1. The molecule has 2 aliphatic rings. The van der Waals surface area contributed by atoms with Crippen LogP contribution in [0.15, 0.2) is 194 Å². The molecule has 3 heteroatoms. The smallest absolute Gasteiger partial charge is 0.242 e. The van der Waals surface area contributed by atoms with E-state index in [2.05, 4.69) is 199 Å². The molecule has 2 aliphatic heterocycles. The lowest BCUT2D eigenvalue weighted by molar-refractivity contribution is 1.29. The molecular weight excluding hydrogens is 605 g/mol. The van der Waals surface area contributed by atoms with E-state index in [-0.39, 0.29) is 6.71 Å². The highest BCUT2D eigenvalue weighted by atomic mass is 28.3. The highest BCUT2D eigenvalue weighted by molar-refractivity contribution is 7.21. The van der Waals surface area contributed by atoms with E-state index in [4.69, 9.17) is 0 Å². The van der Waals surface area contributed by atoms with Gasteiger partial charge in [0.25, 0.3) is 0 Å². The van der Waals surface area contributed by atoms with Crippen LogP contribution in [0.3, 0.4) is 0 Å². The zero-order valence-electron chi connectivity index (χ0n) is 27.0. The fourth-order valence-corrected chi connectivity index (χ4v) is 13.9. The monoisotopic (exact) mass is 637 g/mol. The summed E-state index contributed by atoms with van der Waals surface area (Å²) in [4.78, 5) is 2.50. The Morgan fingerprint density at radius 1 is 0.388 bits per heavy atom. The zero-order valence-corrected chi connectivity index (χ0v) is 28.0. The first-order valence-electron chi connectivity index (χ1n) is 17.1. The van der Waals surface area contributed by atoms with E-state index in [9.17, 15) is 0 Å². The molecule has 8 aromatic rings. The van der Waals surface area contributed by atoms with Gasteiger partial charge in [-0.25, -0.2) is 0 Å². The molecule has 1 nitrogen and oxygen atoms in total. The molecule has 0 amide bonds. The van der Waals surface area contributed by atoms with Gasteiger partial charge in [-0.2, -0.15) is 0 Å². The van der Waals surface area contributed by atoms with E-state index in [1.807, 2.05) is 0 Å². The average Bonchev–Trinajstić information content (AvgIpc) is 3.50. The molecule has 10 rings (SSSR count). The van der Waals surface area contributed by atoms with Gasteiger partial charge in [-0.3, -0.25) is 0 Å². The van der Waals surface area contributed by atoms with Gasteiger partial charge < -0.3 is 4.90 Å². The summed E-state index contributed by atoms with van der Waals surface area (Å²) in [6.45, 7) is 0.196. The van der Waals surface area contributed by atoms with Crippen LogP contribution in [-0.4, -0.2) is 14.8 Å². The molecule has 0 fully saturated rings. The number of benzene rings is 8. The van der Waals surface area contributed by atoms with Crippen molar-refractivity contribution < 1.29 is 0 Å². The third kappa shape index (κ3) is 4.13. The van der Waals surface area contributed by atoms with Crippen LogP contribution in [0.25, 0.3) is 21.9 Å². The normalized spacial score (nSPS) is 13.8. The van der Waals surface area contributed by atoms with Crippen molar-refractivity contribution in [3.8, 4) is 11.1 Å². The van der Waals surface area contributed by atoms with Crippen molar-refractivity contribution in [2.45, 2.75) is 0 Å². The van der Waals surface area contributed by atoms with E-state index in [0.717, 1.165) is 0 Å². The molecule has 0 saturated carbocycles. The number of fused-ring (bicyclic) bond motifs is 6. The third-order valence-corrected chi connectivity index (χ3v) is 15.6. The predicted molar refractivity (Wildman–Crippen MR) is 212 cm³/mol. The number of hydrogen-bond donors (Lipinski definition) is 0. The van der Waals surface area contributed by atoms with Crippen LogP contribution in [0.1, 0.15) is 0 Å². The maximum Gasteiger partial charge on any atom is 0.242 e. The van der Waals surface area contributed by atoms with Gasteiger partial charge in [0, 0.05) is 17.1 Å². The van der Waals surface area contributed by atoms with Crippen molar-refractivity contribution in [2.24, 2.45) is 0 Å². The summed E-state index contributed by atoms with van der Waals surface area (Å²) < 4.78 is 0. The van der Waals surface area contributed by atoms with Crippen molar-refractivity contribution in [3.05, 3.63) is 194 Å². The summed E-state index contributed by atoms with van der Waals surface area (Å²) in [6.07, 6.45) is 0. The average molecular weight is 638 g/mol.